The minimum Gasteiger partial charge on any atom is -0.545 e. The molecule has 102 valence electrons. The van der Waals surface area contributed by atoms with E-state index in [1.54, 1.807) is 43.3 Å². The third-order valence-electron chi connectivity index (χ3n) is 2.90. The Morgan fingerprint density at radius 2 is 1.95 bits per heavy atom. The number of carbonyl (C=O) groups is 1. The maximum Gasteiger partial charge on any atom is 0.134 e. The average molecular weight is 277 g/mol. The zero-order chi connectivity index (χ0) is 15.4. The first kappa shape index (κ1) is 14.1. The summed E-state index contributed by atoms with van der Waals surface area (Å²) in [6, 6.07) is 11.6. The van der Waals surface area contributed by atoms with E-state index < -0.39 is 5.97 Å². The lowest BCUT2D eigenvalue weighted by molar-refractivity contribution is -0.255. The van der Waals surface area contributed by atoms with Crippen LogP contribution in [-0.2, 0) is 0 Å². The molecule has 0 atom stereocenters. The van der Waals surface area contributed by atoms with Crippen LogP contribution in [0.15, 0.2) is 40.3 Å². The van der Waals surface area contributed by atoms with Crippen LogP contribution in [0.1, 0.15) is 21.7 Å². The molecule has 2 aromatic rings. The Morgan fingerprint density at radius 1 is 1.24 bits per heavy atom. The van der Waals surface area contributed by atoms with Gasteiger partial charge in [-0.25, -0.2) is 0 Å². The number of carboxylic acids is 1. The summed E-state index contributed by atoms with van der Waals surface area (Å²) in [5, 5.41) is 28.4. The summed E-state index contributed by atoms with van der Waals surface area (Å²) < 4.78 is 5.49. The number of carbonyl (C=O) groups excluding carboxylic acids is 1. The van der Waals surface area contributed by atoms with Crippen molar-refractivity contribution < 1.29 is 14.3 Å². The van der Waals surface area contributed by atoms with Crippen molar-refractivity contribution in [1.82, 2.24) is 0 Å². The van der Waals surface area contributed by atoms with Crippen LogP contribution in [0.3, 0.4) is 0 Å². The summed E-state index contributed by atoms with van der Waals surface area (Å²) in [5.41, 5.74) is 1.20. The van der Waals surface area contributed by atoms with Gasteiger partial charge in [0.25, 0.3) is 0 Å². The summed E-state index contributed by atoms with van der Waals surface area (Å²) in [6.45, 7) is 1.68. The highest BCUT2D eigenvalue weighted by molar-refractivity contribution is 5.89. The Balaban J connectivity index is 2.42. The molecule has 21 heavy (non-hydrogen) atoms. The number of rotatable bonds is 3. The summed E-state index contributed by atoms with van der Waals surface area (Å²) >= 11 is 0. The second-order valence-electron chi connectivity index (χ2n) is 4.30. The maximum atomic E-state index is 11.0. The molecule has 0 bridgehead atoms. The monoisotopic (exact) mass is 277 g/mol. The molecule has 5 heteroatoms. The minimum absolute atomic E-state index is 0.0739. The van der Waals surface area contributed by atoms with Crippen molar-refractivity contribution in [1.29, 1.82) is 10.5 Å². The molecule has 0 aliphatic rings. The van der Waals surface area contributed by atoms with Crippen molar-refractivity contribution >= 4 is 12.0 Å². The first-order valence-corrected chi connectivity index (χ1v) is 5.99. The Hall–Kier alpha value is -3.31. The van der Waals surface area contributed by atoms with Crippen molar-refractivity contribution in [2.75, 3.05) is 0 Å². The fourth-order valence-corrected chi connectivity index (χ4v) is 1.81. The number of nitriles is 2. The number of nitrogens with zero attached hydrogens (tertiary/aromatic N) is 2. The predicted octanol–water partition coefficient (Wildman–Crippen LogP) is 2.05. The SMILES string of the molecule is Cc1ccc(-c2ccc(C=C(C#N)C#N)o2)cc1C(=O)[O-]. The van der Waals surface area contributed by atoms with Gasteiger partial charge in [-0.3, -0.25) is 0 Å². The van der Waals surface area contributed by atoms with Crippen molar-refractivity contribution in [3.05, 3.63) is 52.8 Å². The molecular weight excluding hydrogens is 268 g/mol. The molecule has 0 N–H and O–H groups in total. The predicted molar refractivity (Wildman–Crippen MR) is 72.4 cm³/mol. The average Bonchev–Trinajstić information content (AvgIpc) is 2.93. The fraction of sp³-hybridized carbons (Fsp3) is 0.0625. The lowest BCUT2D eigenvalue weighted by Crippen LogP contribution is -2.23. The molecule has 0 unspecified atom stereocenters. The van der Waals surface area contributed by atoms with Crippen molar-refractivity contribution in [3.8, 4) is 23.5 Å². The van der Waals surface area contributed by atoms with Crippen LogP contribution >= 0.6 is 0 Å². The van der Waals surface area contributed by atoms with E-state index in [0.29, 0.717) is 22.6 Å². The Bertz CT molecular complexity index is 801. The van der Waals surface area contributed by atoms with Crippen LogP contribution in [-0.4, -0.2) is 5.97 Å². The summed E-state index contributed by atoms with van der Waals surface area (Å²) in [6.07, 6.45) is 1.32. The topological polar surface area (TPSA) is 101 Å². The van der Waals surface area contributed by atoms with E-state index in [1.807, 2.05) is 0 Å². The van der Waals surface area contributed by atoms with E-state index in [2.05, 4.69) is 0 Å². The molecule has 0 aliphatic heterocycles. The van der Waals surface area contributed by atoms with E-state index in [9.17, 15) is 9.90 Å². The van der Waals surface area contributed by atoms with Gasteiger partial charge in [0.15, 0.2) is 0 Å². The van der Waals surface area contributed by atoms with Gasteiger partial charge in [0.2, 0.25) is 0 Å². The third kappa shape index (κ3) is 2.99. The first-order valence-electron chi connectivity index (χ1n) is 5.99. The van der Waals surface area contributed by atoms with Crippen LogP contribution in [0.5, 0.6) is 0 Å². The lowest BCUT2D eigenvalue weighted by Gasteiger charge is -2.08. The first-order chi connectivity index (χ1) is 10.0. The van der Waals surface area contributed by atoms with Gasteiger partial charge in [0.1, 0.15) is 29.2 Å². The van der Waals surface area contributed by atoms with Crippen molar-refractivity contribution in [2.24, 2.45) is 0 Å². The number of carboxylic acid groups (broad SMARTS) is 1. The van der Waals surface area contributed by atoms with E-state index in [-0.39, 0.29) is 11.1 Å². The van der Waals surface area contributed by atoms with Gasteiger partial charge in [-0.15, -0.1) is 0 Å². The number of aryl methyl sites for hydroxylation is 1. The lowest BCUT2D eigenvalue weighted by atomic mass is 10.0. The highest BCUT2D eigenvalue weighted by Crippen LogP contribution is 2.25. The second-order valence-corrected chi connectivity index (χ2v) is 4.30. The molecule has 0 spiro atoms. The molecule has 0 radical (unpaired) electrons. The summed E-state index contributed by atoms with van der Waals surface area (Å²) in [5.74, 6) is -0.463. The van der Waals surface area contributed by atoms with Gasteiger partial charge in [-0.1, -0.05) is 12.1 Å². The number of furan rings is 1. The van der Waals surface area contributed by atoms with E-state index in [4.69, 9.17) is 14.9 Å². The second kappa shape index (κ2) is 5.77. The zero-order valence-electron chi connectivity index (χ0n) is 11.1. The fourth-order valence-electron chi connectivity index (χ4n) is 1.81. The molecule has 1 aromatic heterocycles. The van der Waals surface area contributed by atoms with Gasteiger partial charge in [0.05, 0.1) is 5.97 Å². The Morgan fingerprint density at radius 3 is 2.57 bits per heavy atom. The van der Waals surface area contributed by atoms with Gasteiger partial charge < -0.3 is 14.3 Å². The highest BCUT2D eigenvalue weighted by atomic mass is 16.4. The summed E-state index contributed by atoms with van der Waals surface area (Å²) in [4.78, 5) is 11.0. The zero-order valence-corrected chi connectivity index (χ0v) is 11.1. The number of hydrogen-bond acceptors (Lipinski definition) is 5. The Labute approximate surface area is 121 Å². The molecule has 1 aromatic carbocycles. The number of aromatic carboxylic acids is 1. The highest BCUT2D eigenvalue weighted by Gasteiger charge is 2.07. The smallest absolute Gasteiger partial charge is 0.134 e. The van der Waals surface area contributed by atoms with Gasteiger partial charge in [-0.2, -0.15) is 10.5 Å². The molecule has 0 saturated heterocycles. The van der Waals surface area contributed by atoms with Gasteiger partial charge in [-0.05, 0) is 30.7 Å². The molecule has 2 rings (SSSR count). The third-order valence-corrected chi connectivity index (χ3v) is 2.90. The van der Waals surface area contributed by atoms with E-state index in [0.717, 1.165) is 0 Å². The molecular formula is C16H9N2O3-. The minimum atomic E-state index is -1.25. The van der Waals surface area contributed by atoms with E-state index in [1.165, 1.54) is 12.1 Å². The Kier molecular flexibility index (Phi) is 3.87. The normalized spacial score (nSPS) is 9.48. The number of hydrogen-bond donors (Lipinski definition) is 0. The number of benzene rings is 1. The molecule has 0 saturated carbocycles. The molecule has 0 fully saturated rings. The van der Waals surface area contributed by atoms with Crippen LogP contribution in [0.25, 0.3) is 17.4 Å². The van der Waals surface area contributed by atoms with Crippen LogP contribution in [0.2, 0.25) is 0 Å². The largest absolute Gasteiger partial charge is 0.545 e. The summed E-state index contributed by atoms with van der Waals surface area (Å²) in [7, 11) is 0. The van der Waals surface area contributed by atoms with Crippen LogP contribution in [0.4, 0.5) is 0 Å². The van der Waals surface area contributed by atoms with E-state index >= 15 is 0 Å². The quantitative estimate of drug-likeness (QED) is 0.799. The van der Waals surface area contributed by atoms with Crippen LogP contribution < -0.4 is 5.11 Å². The molecule has 5 nitrogen and oxygen atoms in total. The molecule has 0 aliphatic carbocycles. The van der Waals surface area contributed by atoms with Gasteiger partial charge >= 0.3 is 0 Å². The van der Waals surface area contributed by atoms with Crippen LogP contribution in [0, 0.1) is 29.6 Å². The standard InChI is InChI=1S/C16H10N2O3/c1-10-2-3-12(7-14(10)16(19)20)15-5-4-13(21-15)6-11(8-17)9-18/h2-7H,1H3,(H,19,20)/p-1. The van der Waals surface area contributed by atoms with Crippen molar-refractivity contribution in [3.63, 3.8) is 0 Å². The van der Waals surface area contributed by atoms with Crippen molar-refractivity contribution in [2.45, 2.75) is 6.92 Å². The maximum absolute atomic E-state index is 11.0. The molecule has 1 heterocycles. The number of allylic oxidation sites excluding steroid dienone is 1. The molecule has 0 amide bonds. The van der Waals surface area contributed by atoms with Gasteiger partial charge in [0, 0.05) is 17.2 Å².